The molecule has 0 aromatic heterocycles. The van der Waals surface area contributed by atoms with Crippen LogP contribution in [0.1, 0.15) is 25.0 Å². The van der Waals surface area contributed by atoms with Crippen LogP contribution in [0.15, 0.2) is 17.7 Å². The molecule has 0 saturated heterocycles. The number of esters is 1. The molecule has 32 heavy (non-hydrogen) atoms. The Labute approximate surface area is 183 Å². The average Bonchev–Trinajstić information content (AvgIpc) is 2.63. The molecular formula is C18H17ClF3NO9. The van der Waals surface area contributed by atoms with Crippen LogP contribution >= 0.6 is 11.6 Å². The van der Waals surface area contributed by atoms with Gasteiger partial charge in [-0.25, -0.2) is 9.59 Å². The summed E-state index contributed by atoms with van der Waals surface area (Å²) in [6.45, 7) is 3.22. The topological polar surface area (TPSA) is 123 Å². The van der Waals surface area contributed by atoms with Crippen LogP contribution in [0.3, 0.4) is 0 Å². The van der Waals surface area contributed by atoms with E-state index >= 15 is 0 Å². The highest BCUT2D eigenvalue weighted by atomic mass is 35.5. The SMILES string of the molecule is Cc1cc(Cl)cc2c1OC(C(F)(F)F)C(C(=O)OC(C)OC(=O)OC[C@H](C)O[N+](=O)[O-])=C2. The zero-order valence-corrected chi connectivity index (χ0v) is 17.6. The molecule has 0 spiro atoms. The van der Waals surface area contributed by atoms with Gasteiger partial charge < -0.3 is 23.8 Å². The van der Waals surface area contributed by atoms with Gasteiger partial charge in [-0.1, -0.05) is 11.6 Å². The van der Waals surface area contributed by atoms with E-state index in [1.54, 1.807) is 0 Å². The Kier molecular flexibility index (Phi) is 7.78. The van der Waals surface area contributed by atoms with Crippen molar-refractivity contribution in [3.05, 3.63) is 44.0 Å². The summed E-state index contributed by atoms with van der Waals surface area (Å²) in [6, 6.07) is 2.72. The predicted molar refractivity (Wildman–Crippen MR) is 100 cm³/mol. The first kappa shape index (κ1) is 25.0. The lowest BCUT2D eigenvalue weighted by Gasteiger charge is -2.29. The number of aryl methyl sites for hydroxylation is 1. The van der Waals surface area contributed by atoms with Gasteiger partial charge in [0.1, 0.15) is 18.5 Å². The molecule has 0 bridgehead atoms. The van der Waals surface area contributed by atoms with Crippen molar-refractivity contribution in [1.82, 2.24) is 0 Å². The van der Waals surface area contributed by atoms with Crippen LogP contribution in [-0.4, -0.2) is 48.5 Å². The second kappa shape index (κ2) is 9.94. The number of hydrogen-bond donors (Lipinski definition) is 0. The number of halogens is 4. The Morgan fingerprint density at radius 3 is 2.53 bits per heavy atom. The molecule has 10 nitrogen and oxygen atoms in total. The highest BCUT2D eigenvalue weighted by Gasteiger charge is 2.49. The minimum Gasteiger partial charge on any atom is -0.475 e. The summed E-state index contributed by atoms with van der Waals surface area (Å²) in [5, 5.41) is 9.29. The standard InChI is InChI=1S/C18H17ClF3NO9/c1-8-4-12(19)5-11-6-13(15(18(20,21)22)31-14(8)11)16(24)29-10(3)30-17(25)28-7-9(2)32-23(26)27/h4-6,9-10,15H,7H2,1-3H3/t9-,10?,15?/m0/s1. The molecule has 1 heterocycles. The molecule has 2 unspecified atom stereocenters. The van der Waals surface area contributed by atoms with Crippen molar-refractivity contribution in [3.63, 3.8) is 0 Å². The molecule has 0 radical (unpaired) electrons. The fourth-order valence-electron chi connectivity index (χ4n) is 2.63. The van der Waals surface area contributed by atoms with Gasteiger partial charge in [0, 0.05) is 17.5 Å². The van der Waals surface area contributed by atoms with Gasteiger partial charge in [-0.05, 0) is 37.6 Å². The van der Waals surface area contributed by atoms with Crippen LogP contribution in [0.25, 0.3) is 6.08 Å². The monoisotopic (exact) mass is 483 g/mol. The quantitative estimate of drug-likeness (QED) is 0.245. The summed E-state index contributed by atoms with van der Waals surface area (Å²) >= 11 is 5.92. The molecule has 1 aliphatic heterocycles. The van der Waals surface area contributed by atoms with Gasteiger partial charge in [0.2, 0.25) is 12.4 Å². The van der Waals surface area contributed by atoms with E-state index in [1.165, 1.54) is 26.0 Å². The lowest BCUT2D eigenvalue weighted by atomic mass is 9.99. The van der Waals surface area contributed by atoms with E-state index in [0.717, 1.165) is 13.0 Å². The third-order valence-electron chi connectivity index (χ3n) is 3.87. The normalized spacial score (nSPS) is 17.1. The average molecular weight is 484 g/mol. The molecule has 1 aromatic rings. The predicted octanol–water partition coefficient (Wildman–Crippen LogP) is 3.99. The van der Waals surface area contributed by atoms with Crippen LogP contribution < -0.4 is 4.74 Å². The second-order valence-corrected chi connectivity index (χ2v) is 7.01. The Hall–Kier alpha value is -3.22. The summed E-state index contributed by atoms with van der Waals surface area (Å²) in [7, 11) is 0. The molecular weight excluding hydrogens is 467 g/mol. The zero-order valence-electron chi connectivity index (χ0n) is 16.8. The summed E-state index contributed by atoms with van der Waals surface area (Å²) < 4.78 is 59.4. The van der Waals surface area contributed by atoms with E-state index in [4.69, 9.17) is 21.1 Å². The molecule has 0 saturated carbocycles. The maximum Gasteiger partial charge on any atom is 0.511 e. The third kappa shape index (κ3) is 6.64. The largest absolute Gasteiger partial charge is 0.511 e. The molecule has 2 rings (SSSR count). The number of alkyl halides is 3. The minimum absolute atomic E-state index is 0.0905. The van der Waals surface area contributed by atoms with Gasteiger partial charge in [-0.3, -0.25) is 0 Å². The van der Waals surface area contributed by atoms with Gasteiger partial charge in [0.15, 0.2) is 0 Å². The summed E-state index contributed by atoms with van der Waals surface area (Å²) in [5.74, 6) is -1.55. The van der Waals surface area contributed by atoms with Crippen LogP contribution in [0.5, 0.6) is 5.75 Å². The van der Waals surface area contributed by atoms with Crippen LogP contribution in [-0.2, 0) is 23.8 Å². The number of nitrogens with zero attached hydrogens (tertiary/aromatic N) is 1. The smallest absolute Gasteiger partial charge is 0.475 e. The lowest BCUT2D eigenvalue weighted by molar-refractivity contribution is -0.767. The van der Waals surface area contributed by atoms with Gasteiger partial charge in [-0.2, -0.15) is 13.2 Å². The maximum atomic E-state index is 13.5. The van der Waals surface area contributed by atoms with Crippen LogP contribution in [0.2, 0.25) is 5.02 Å². The van der Waals surface area contributed by atoms with E-state index in [9.17, 15) is 32.9 Å². The van der Waals surface area contributed by atoms with Gasteiger partial charge in [0.25, 0.3) is 5.09 Å². The van der Waals surface area contributed by atoms with Crippen molar-refractivity contribution in [2.45, 2.75) is 45.4 Å². The first-order valence-electron chi connectivity index (χ1n) is 8.88. The van der Waals surface area contributed by atoms with Crippen molar-refractivity contribution in [3.8, 4) is 5.75 Å². The van der Waals surface area contributed by atoms with Crippen molar-refractivity contribution in [2.75, 3.05) is 6.61 Å². The number of ether oxygens (including phenoxy) is 4. The second-order valence-electron chi connectivity index (χ2n) is 6.57. The van der Waals surface area contributed by atoms with Crippen molar-refractivity contribution in [1.29, 1.82) is 0 Å². The fraction of sp³-hybridized carbons (Fsp3) is 0.444. The van der Waals surface area contributed by atoms with E-state index < -0.39 is 54.1 Å². The summed E-state index contributed by atoms with van der Waals surface area (Å²) in [6.07, 6.45) is -10.8. The number of rotatable bonds is 7. The van der Waals surface area contributed by atoms with E-state index in [2.05, 4.69) is 14.3 Å². The summed E-state index contributed by atoms with van der Waals surface area (Å²) in [5.41, 5.74) is -0.418. The van der Waals surface area contributed by atoms with Crippen molar-refractivity contribution in [2.24, 2.45) is 0 Å². The Morgan fingerprint density at radius 2 is 1.94 bits per heavy atom. The maximum absolute atomic E-state index is 13.5. The van der Waals surface area contributed by atoms with Crippen molar-refractivity contribution < 1.29 is 51.6 Å². The zero-order chi connectivity index (χ0) is 24.2. The van der Waals surface area contributed by atoms with Crippen molar-refractivity contribution >= 4 is 29.8 Å². The lowest BCUT2D eigenvalue weighted by Crippen LogP contribution is -2.41. The highest BCUT2D eigenvalue weighted by Crippen LogP contribution is 2.40. The molecule has 0 amide bonds. The Morgan fingerprint density at radius 1 is 1.28 bits per heavy atom. The molecule has 176 valence electrons. The number of fused-ring (bicyclic) bond motifs is 1. The highest BCUT2D eigenvalue weighted by molar-refractivity contribution is 6.30. The molecule has 3 atom stereocenters. The van der Waals surface area contributed by atoms with E-state index in [-0.39, 0.29) is 16.3 Å². The van der Waals surface area contributed by atoms with E-state index in [0.29, 0.717) is 5.56 Å². The molecule has 0 fully saturated rings. The number of carbonyl (C=O) groups is 2. The van der Waals surface area contributed by atoms with E-state index in [1.807, 2.05) is 0 Å². The number of carbonyl (C=O) groups excluding carboxylic acids is 2. The molecule has 14 heteroatoms. The first-order valence-corrected chi connectivity index (χ1v) is 9.26. The minimum atomic E-state index is -4.95. The fourth-order valence-corrected chi connectivity index (χ4v) is 2.91. The van der Waals surface area contributed by atoms with Gasteiger partial charge in [-0.15, -0.1) is 10.1 Å². The number of benzene rings is 1. The van der Waals surface area contributed by atoms with Gasteiger partial charge in [0.05, 0.1) is 5.57 Å². The third-order valence-corrected chi connectivity index (χ3v) is 4.09. The Balaban J connectivity index is 2.09. The molecule has 1 aromatic carbocycles. The number of hydrogen-bond acceptors (Lipinski definition) is 9. The van der Waals surface area contributed by atoms with Crippen LogP contribution in [0, 0.1) is 17.0 Å². The molecule has 0 aliphatic carbocycles. The Bertz CT molecular complexity index is 935. The molecule has 0 N–H and O–H groups in total. The van der Waals surface area contributed by atoms with Gasteiger partial charge >= 0.3 is 18.3 Å². The summed E-state index contributed by atoms with van der Waals surface area (Å²) in [4.78, 5) is 38.2. The van der Waals surface area contributed by atoms with Crippen LogP contribution in [0.4, 0.5) is 18.0 Å². The molecule has 1 aliphatic rings. The first-order chi connectivity index (χ1) is 14.8.